The Bertz CT molecular complexity index is 587. The zero-order valence-corrected chi connectivity index (χ0v) is 11.7. The minimum Gasteiger partial charge on any atom is -0.384 e. The predicted molar refractivity (Wildman–Crippen MR) is 76.5 cm³/mol. The minimum atomic E-state index is -0.209. The summed E-state index contributed by atoms with van der Waals surface area (Å²) in [5.74, 6) is 5.77. The van der Waals surface area contributed by atoms with Crippen LogP contribution in [0.4, 0.5) is 0 Å². The van der Waals surface area contributed by atoms with Crippen molar-refractivity contribution >= 4 is 5.91 Å². The van der Waals surface area contributed by atoms with Crippen molar-refractivity contribution in [3.05, 3.63) is 29.6 Å². The first kappa shape index (κ1) is 14.1. The van der Waals surface area contributed by atoms with Crippen LogP contribution >= 0.6 is 0 Å². The van der Waals surface area contributed by atoms with Crippen molar-refractivity contribution in [2.75, 3.05) is 13.2 Å². The SMILES string of the molecule is O=C(NC1CCOC1C1CC1)c1cncc(C#CCO)c1. The van der Waals surface area contributed by atoms with E-state index in [4.69, 9.17) is 9.84 Å². The van der Waals surface area contributed by atoms with Gasteiger partial charge in [0.1, 0.15) is 6.61 Å². The maximum Gasteiger partial charge on any atom is 0.253 e. The van der Waals surface area contributed by atoms with E-state index < -0.39 is 0 Å². The quantitative estimate of drug-likeness (QED) is 0.803. The van der Waals surface area contributed by atoms with E-state index in [0.29, 0.717) is 23.7 Å². The molecule has 0 spiro atoms. The molecule has 1 saturated heterocycles. The van der Waals surface area contributed by atoms with Crippen LogP contribution in [0.5, 0.6) is 0 Å². The van der Waals surface area contributed by atoms with Gasteiger partial charge in [-0.2, -0.15) is 0 Å². The normalized spacial score (nSPS) is 24.2. The Hall–Kier alpha value is -1.90. The molecular weight excluding hydrogens is 268 g/mol. The Balaban J connectivity index is 1.67. The molecule has 1 aromatic rings. The maximum absolute atomic E-state index is 12.3. The van der Waals surface area contributed by atoms with Crippen LogP contribution in [0.25, 0.3) is 0 Å². The number of aromatic nitrogens is 1. The van der Waals surface area contributed by atoms with Gasteiger partial charge in [0.25, 0.3) is 5.91 Å². The smallest absolute Gasteiger partial charge is 0.253 e. The highest BCUT2D eigenvalue weighted by Gasteiger charge is 2.41. The summed E-state index contributed by atoms with van der Waals surface area (Å²) >= 11 is 0. The number of carbonyl (C=O) groups excluding carboxylic acids is 1. The molecule has 2 fully saturated rings. The third-order valence-electron chi connectivity index (χ3n) is 3.85. The van der Waals surface area contributed by atoms with E-state index in [2.05, 4.69) is 22.1 Å². The molecule has 1 aliphatic carbocycles. The summed E-state index contributed by atoms with van der Waals surface area (Å²) in [6, 6.07) is 1.78. The van der Waals surface area contributed by atoms with Crippen LogP contribution in [0.15, 0.2) is 18.5 Å². The summed E-state index contributed by atoms with van der Waals surface area (Å²) in [5, 5.41) is 11.7. The predicted octanol–water partition coefficient (Wildman–Crippen LogP) is 0.723. The summed E-state index contributed by atoms with van der Waals surface area (Å²) in [5.41, 5.74) is 1.11. The van der Waals surface area contributed by atoms with Crippen molar-refractivity contribution in [3.63, 3.8) is 0 Å². The molecule has 2 aliphatic rings. The molecule has 3 rings (SSSR count). The summed E-state index contributed by atoms with van der Waals surface area (Å²) in [6.45, 7) is 0.505. The van der Waals surface area contributed by atoms with E-state index in [1.165, 1.54) is 19.0 Å². The zero-order valence-electron chi connectivity index (χ0n) is 11.7. The second-order valence-corrected chi connectivity index (χ2v) is 5.46. The van der Waals surface area contributed by atoms with Crippen LogP contribution < -0.4 is 5.32 Å². The molecule has 2 heterocycles. The van der Waals surface area contributed by atoms with Crippen molar-refractivity contribution in [1.82, 2.24) is 10.3 Å². The van der Waals surface area contributed by atoms with E-state index in [1.807, 2.05) is 0 Å². The van der Waals surface area contributed by atoms with Gasteiger partial charge in [-0.05, 0) is 31.2 Å². The standard InChI is InChI=1S/C16H18N2O3/c19-6-1-2-11-8-13(10-17-9-11)16(20)18-14-5-7-21-15(14)12-3-4-12/h8-10,12,14-15,19H,3-7H2,(H,18,20). The Morgan fingerprint density at radius 3 is 3.05 bits per heavy atom. The zero-order chi connectivity index (χ0) is 14.7. The molecule has 5 heteroatoms. The van der Waals surface area contributed by atoms with Gasteiger partial charge < -0.3 is 15.2 Å². The number of aliphatic hydroxyl groups is 1. The lowest BCUT2D eigenvalue weighted by molar-refractivity contribution is 0.0729. The van der Waals surface area contributed by atoms with E-state index >= 15 is 0 Å². The largest absolute Gasteiger partial charge is 0.384 e. The highest BCUT2D eigenvalue weighted by molar-refractivity contribution is 5.94. The van der Waals surface area contributed by atoms with Gasteiger partial charge in [0.15, 0.2) is 0 Å². The maximum atomic E-state index is 12.3. The molecule has 2 N–H and O–H groups in total. The van der Waals surface area contributed by atoms with E-state index in [-0.39, 0.29) is 24.7 Å². The summed E-state index contributed by atoms with van der Waals surface area (Å²) in [6.07, 6.45) is 6.53. The Labute approximate surface area is 123 Å². The third-order valence-corrected chi connectivity index (χ3v) is 3.85. The van der Waals surface area contributed by atoms with Gasteiger partial charge >= 0.3 is 0 Å². The molecule has 2 atom stereocenters. The molecular formula is C16H18N2O3. The van der Waals surface area contributed by atoms with Crippen LogP contribution in [0, 0.1) is 17.8 Å². The lowest BCUT2D eigenvalue weighted by Crippen LogP contribution is -2.41. The van der Waals surface area contributed by atoms with E-state index in [9.17, 15) is 4.79 Å². The van der Waals surface area contributed by atoms with Gasteiger partial charge in [-0.1, -0.05) is 11.8 Å². The molecule has 1 saturated carbocycles. The van der Waals surface area contributed by atoms with Gasteiger partial charge in [-0.3, -0.25) is 9.78 Å². The topological polar surface area (TPSA) is 71.5 Å². The van der Waals surface area contributed by atoms with E-state index in [1.54, 1.807) is 12.3 Å². The van der Waals surface area contributed by atoms with Crippen LogP contribution in [0.1, 0.15) is 35.2 Å². The van der Waals surface area contributed by atoms with Gasteiger partial charge in [0.05, 0.1) is 17.7 Å². The number of rotatable bonds is 3. The van der Waals surface area contributed by atoms with Crippen molar-refractivity contribution in [2.45, 2.75) is 31.4 Å². The second-order valence-electron chi connectivity index (χ2n) is 5.46. The fourth-order valence-electron chi connectivity index (χ4n) is 2.68. The first-order valence-electron chi connectivity index (χ1n) is 7.25. The lowest BCUT2D eigenvalue weighted by Gasteiger charge is -2.19. The van der Waals surface area contributed by atoms with E-state index in [0.717, 1.165) is 6.42 Å². The molecule has 1 aliphatic heterocycles. The molecule has 21 heavy (non-hydrogen) atoms. The van der Waals surface area contributed by atoms with Crippen LogP contribution in [-0.4, -0.2) is 41.4 Å². The first-order valence-corrected chi connectivity index (χ1v) is 7.25. The second kappa shape index (κ2) is 6.25. The Morgan fingerprint density at radius 2 is 2.29 bits per heavy atom. The molecule has 1 amide bonds. The van der Waals surface area contributed by atoms with Gasteiger partial charge in [0.2, 0.25) is 0 Å². The van der Waals surface area contributed by atoms with Crippen molar-refractivity contribution in [2.24, 2.45) is 5.92 Å². The number of carbonyl (C=O) groups is 1. The number of pyridine rings is 1. The number of aliphatic hydroxyl groups excluding tert-OH is 1. The molecule has 1 aromatic heterocycles. The fourth-order valence-corrected chi connectivity index (χ4v) is 2.68. The number of hydrogen-bond acceptors (Lipinski definition) is 4. The summed E-state index contributed by atoms with van der Waals surface area (Å²) in [4.78, 5) is 16.3. The number of amides is 1. The number of ether oxygens (including phenoxy) is 1. The Kier molecular flexibility index (Phi) is 4.18. The average molecular weight is 286 g/mol. The van der Waals surface area contributed by atoms with Crippen molar-refractivity contribution < 1.29 is 14.6 Å². The van der Waals surface area contributed by atoms with Crippen molar-refractivity contribution in [1.29, 1.82) is 0 Å². The van der Waals surface area contributed by atoms with Crippen LogP contribution in [0.3, 0.4) is 0 Å². The highest BCUT2D eigenvalue weighted by atomic mass is 16.5. The number of nitrogens with zero attached hydrogens (tertiary/aromatic N) is 1. The lowest BCUT2D eigenvalue weighted by atomic mass is 10.1. The van der Waals surface area contributed by atoms with Gasteiger partial charge in [-0.15, -0.1) is 0 Å². The first-order chi connectivity index (χ1) is 10.3. The third kappa shape index (κ3) is 3.41. The minimum absolute atomic E-state index is 0.0946. The average Bonchev–Trinajstić information content (AvgIpc) is 3.25. The monoisotopic (exact) mass is 286 g/mol. The van der Waals surface area contributed by atoms with Gasteiger partial charge in [-0.25, -0.2) is 0 Å². The molecule has 0 radical (unpaired) electrons. The highest BCUT2D eigenvalue weighted by Crippen LogP contribution is 2.38. The summed E-state index contributed by atoms with van der Waals surface area (Å²) < 4.78 is 5.72. The summed E-state index contributed by atoms with van der Waals surface area (Å²) in [7, 11) is 0. The Morgan fingerprint density at radius 1 is 1.43 bits per heavy atom. The van der Waals surface area contributed by atoms with Crippen LogP contribution in [-0.2, 0) is 4.74 Å². The van der Waals surface area contributed by atoms with Crippen LogP contribution in [0.2, 0.25) is 0 Å². The molecule has 0 bridgehead atoms. The molecule has 5 nitrogen and oxygen atoms in total. The number of hydrogen-bond donors (Lipinski definition) is 2. The van der Waals surface area contributed by atoms with Crippen molar-refractivity contribution in [3.8, 4) is 11.8 Å². The molecule has 110 valence electrons. The molecule has 2 unspecified atom stereocenters. The number of nitrogens with one attached hydrogen (secondary N) is 1. The van der Waals surface area contributed by atoms with Gasteiger partial charge in [0, 0.05) is 24.6 Å². The fraction of sp³-hybridized carbons (Fsp3) is 0.500. The molecule has 0 aromatic carbocycles.